The van der Waals surface area contributed by atoms with Crippen molar-refractivity contribution in [2.24, 2.45) is 5.92 Å². The van der Waals surface area contributed by atoms with Crippen LogP contribution in [-0.4, -0.2) is 9.97 Å². The summed E-state index contributed by atoms with van der Waals surface area (Å²) in [6.07, 6.45) is 29.5. The second-order valence-electron chi connectivity index (χ2n) is 18.7. The van der Waals surface area contributed by atoms with E-state index in [9.17, 15) is 0 Å². The van der Waals surface area contributed by atoms with E-state index in [1.807, 2.05) is 38.3 Å². The maximum atomic E-state index is 5.26. The third kappa shape index (κ3) is 10.1. The lowest BCUT2D eigenvalue weighted by Crippen LogP contribution is -1.98. The molecule has 0 saturated heterocycles. The van der Waals surface area contributed by atoms with Gasteiger partial charge < -0.3 is 0 Å². The summed E-state index contributed by atoms with van der Waals surface area (Å²) in [5.41, 5.74) is 17.7. The topological polar surface area (TPSA) is 25.8 Å². The van der Waals surface area contributed by atoms with Gasteiger partial charge in [0.05, 0.1) is 22.9 Å². The molecule has 2 aliphatic carbocycles. The predicted octanol–water partition coefficient (Wildman–Crippen LogP) is 20.8. The van der Waals surface area contributed by atoms with Gasteiger partial charge in [0.2, 0.25) is 0 Å². The van der Waals surface area contributed by atoms with Crippen molar-refractivity contribution in [1.82, 2.24) is 9.97 Å². The molecule has 1 unspecified atom stereocenters. The van der Waals surface area contributed by atoms with E-state index in [4.69, 9.17) is 9.97 Å². The van der Waals surface area contributed by atoms with Gasteiger partial charge in [0.1, 0.15) is 0 Å². The quantitative estimate of drug-likeness (QED) is 0.0818. The van der Waals surface area contributed by atoms with E-state index in [2.05, 4.69) is 239 Å². The second-order valence-corrected chi connectivity index (χ2v) is 19.8. The van der Waals surface area contributed by atoms with Crippen LogP contribution in [0.2, 0.25) is 0 Å². The Morgan fingerprint density at radius 2 is 1.24 bits per heavy atom. The van der Waals surface area contributed by atoms with Crippen LogP contribution in [0, 0.1) is 5.92 Å². The van der Waals surface area contributed by atoms with E-state index < -0.39 is 0 Å². The van der Waals surface area contributed by atoms with E-state index in [0.29, 0.717) is 5.92 Å². The minimum Gasteiger partial charge on any atom is -0.252 e. The summed E-state index contributed by atoms with van der Waals surface area (Å²) in [5, 5.41) is 7.28. The van der Waals surface area contributed by atoms with Gasteiger partial charge in [0.15, 0.2) is 0 Å². The fraction of sp³-hybridized carbons (Fsp3) is 0.127. The number of nitrogens with zero attached hydrogens (tertiary/aromatic N) is 2. The molecule has 0 saturated carbocycles. The van der Waals surface area contributed by atoms with Crippen LogP contribution in [0.1, 0.15) is 70.6 Å². The number of hydrogen-bond acceptors (Lipinski definition) is 3. The van der Waals surface area contributed by atoms with Gasteiger partial charge in [0, 0.05) is 48.0 Å². The molecule has 2 aromatic heterocycles. The SMILES string of the molecule is C=CC.CC.CC/C(=C\C=C(/C)C1C=CC=CC1)c1cc(C2=CC=C(c3ccc(-c4cnc5c6ccccc6c6ccccc6c5n4)cc3)CC=C2)c2sc3ccc(-c4ccc(-c5ccccc5)cc4)cc3c2c1. The number of fused-ring (bicyclic) bond motifs is 9. The van der Waals surface area contributed by atoms with Gasteiger partial charge in [-0.1, -0.05) is 227 Å². The third-order valence-electron chi connectivity index (χ3n) is 14.1. The van der Waals surface area contributed by atoms with Crippen molar-refractivity contribution in [2.75, 3.05) is 0 Å². The number of benzene rings is 8. The van der Waals surface area contributed by atoms with Gasteiger partial charge in [-0.05, 0) is 118 Å². The zero-order valence-corrected chi connectivity index (χ0v) is 44.0. The summed E-state index contributed by atoms with van der Waals surface area (Å²) >= 11 is 1.90. The Hall–Kier alpha value is -8.24. The molecular formula is C71H62N2S. The first-order valence-electron chi connectivity index (χ1n) is 26.2. The lowest BCUT2D eigenvalue weighted by atomic mass is 9.91. The average Bonchev–Trinajstić information content (AvgIpc) is 3.66. The highest BCUT2D eigenvalue weighted by Gasteiger charge is 2.18. The van der Waals surface area contributed by atoms with Gasteiger partial charge in [0.25, 0.3) is 0 Å². The molecule has 0 spiro atoms. The molecule has 10 aromatic rings. The van der Waals surface area contributed by atoms with Crippen LogP contribution in [-0.2, 0) is 0 Å². The fourth-order valence-electron chi connectivity index (χ4n) is 10.3. The lowest BCUT2D eigenvalue weighted by Gasteiger charge is -2.14. The number of thiophene rings is 1. The Morgan fingerprint density at radius 3 is 1.93 bits per heavy atom. The molecule has 2 nitrogen and oxygen atoms in total. The first kappa shape index (κ1) is 49.3. The van der Waals surface area contributed by atoms with Crippen LogP contribution in [0.15, 0.2) is 243 Å². The summed E-state index contributed by atoms with van der Waals surface area (Å²) in [4.78, 5) is 10.3. The van der Waals surface area contributed by atoms with Gasteiger partial charge in [-0.3, -0.25) is 4.98 Å². The molecule has 0 aliphatic heterocycles. The maximum Gasteiger partial charge on any atom is 0.0979 e. The van der Waals surface area contributed by atoms with E-state index in [1.165, 1.54) is 92.2 Å². The van der Waals surface area contributed by atoms with Crippen LogP contribution in [0.5, 0.6) is 0 Å². The largest absolute Gasteiger partial charge is 0.252 e. The van der Waals surface area contributed by atoms with Crippen LogP contribution in [0.4, 0.5) is 0 Å². The Balaban J connectivity index is 0.00000121. The zero-order valence-electron chi connectivity index (χ0n) is 43.1. The smallest absolute Gasteiger partial charge is 0.0979 e. The number of hydrogen-bond donors (Lipinski definition) is 0. The molecule has 0 N–H and O–H groups in total. The Kier molecular flexibility index (Phi) is 15.1. The van der Waals surface area contributed by atoms with E-state index in [-0.39, 0.29) is 0 Å². The minimum absolute atomic E-state index is 0.441. The molecule has 1 atom stereocenters. The fourth-order valence-corrected chi connectivity index (χ4v) is 11.5. The predicted molar refractivity (Wildman–Crippen MR) is 326 cm³/mol. The first-order chi connectivity index (χ1) is 36.5. The number of aromatic nitrogens is 2. The van der Waals surface area contributed by atoms with Gasteiger partial charge in [-0.2, -0.15) is 0 Å². The van der Waals surface area contributed by atoms with Crippen molar-refractivity contribution in [3.8, 4) is 33.5 Å². The molecule has 74 heavy (non-hydrogen) atoms. The average molecular weight is 975 g/mol. The minimum atomic E-state index is 0.441. The van der Waals surface area contributed by atoms with Crippen molar-refractivity contribution in [1.29, 1.82) is 0 Å². The van der Waals surface area contributed by atoms with Crippen molar-refractivity contribution in [3.05, 3.63) is 260 Å². The Bertz CT molecular complexity index is 3870. The molecule has 3 heteroatoms. The first-order valence-corrected chi connectivity index (χ1v) is 27.0. The number of rotatable bonds is 9. The maximum absolute atomic E-state index is 5.26. The molecule has 0 fully saturated rings. The molecule has 12 rings (SSSR count). The number of allylic oxidation sites excluding steroid dienone is 15. The van der Waals surface area contributed by atoms with Crippen LogP contribution < -0.4 is 0 Å². The molecule has 2 aliphatic rings. The molecular weight excluding hydrogens is 913 g/mol. The zero-order chi connectivity index (χ0) is 51.0. The monoisotopic (exact) mass is 974 g/mol. The van der Waals surface area contributed by atoms with Crippen LogP contribution in [0.25, 0.3) is 103 Å². The third-order valence-corrected chi connectivity index (χ3v) is 15.4. The highest BCUT2D eigenvalue weighted by Crippen LogP contribution is 2.44. The molecule has 8 aromatic carbocycles. The van der Waals surface area contributed by atoms with Crippen molar-refractivity contribution >= 4 is 80.8 Å². The van der Waals surface area contributed by atoms with E-state index in [1.54, 1.807) is 6.08 Å². The van der Waals surface area contributed by atoms with Crippen molar-refractivity contribution < 1.29 is 0 Å². The molecule has 2 heterocycles. The summed E-state index contributed by atoms with van der Waals surface area (Å²) in [6, 6.07) is 57.5. The van der Waals surface area contributed by atoms with Crippen LogP contribution >= 0.6 is 11.3 Å². The van der Waals surface area contributed by atoms with Crippen molar-refractivity contribution in [2.45, 2.75) is 53.9 Å². The van der Waals surface area contributed by atoms with Gasteiger partial charge in [-0.25, -0.2) is 4.98 Å². The summed E-state index contributed by atoms with van der Waals surface area (Å²) in [5.74, 6) is 0.441. The Morgan fingerprint density at radius 1 is 0.622 bits per heavy atom. The second kappa shape index (κ2) is 22.7. The normalized spacial score (nSPS) is 14.6. The molecule has 362 valence electrons. The van der Waals surface area contributed by atoms with Crippen LogP contribution in [0.3, 0.4) is 0 Å². The van der Waals surface area contributed by atoms with E-state index >= 15 is 0 Å². The van der Waals surface area contributed by atoms with Gasteiger partial charge >= 0.3 is 0 Å². The summed E-state index contributed by atoms with van der Waals surface area (Å²) in [6.45, 7) is 13.8. The highest BCUT2D eigenvalue weighted by molar-refractivity contribution is 7.26. The van der Waals surface area contributed by atoms with Gasteiger partial charge in [-0.15, -0.1) is 17.9 Å². The summed E-state index contributed by atoms with van der Waals surface area (Å²) in [7, 11) is 0. The van der Waals surface area contributed by atoms with Crippen molar-refractivity contribution in [3.63, 3.8) is 0 Å². The molecule has 0 bridgehead atoms. The Labute approximate surface area is 441 Å². The highest BCUT2D eigenvalue weighted by atomic mass is 32.1. The molecule has 0 radical (unpaired) electrons. The summed E-state index contributed by atoms with van der Waals surface area (Å²) < 4.78 is 2.62. The molecule has 0 amide bonds. The standard InChI is InChI=1S/C66H50N2S.C3H6.C2H6/c1-3-44(26-25-43(2)45-15-6-4-7-16-45)54-40-59(66-61(41-54)60-39-53(37-38-63(60)69-66)50-29-27-48(28-30-50)46-17-8-5-9-18-46)51-20-14-19-47(31-34-51)49-32-35-52(36-33-49)62-42-67-64-57-23-12-10-21-55(57)56-22-11-13-24-58(56)65(64)68-62;1-3-2;1-2/h4-15,17-18,20-42,45H,3,16,19H2,1-2H3;3H,1H2,2H3;1-2H3/b43-25+,44-26+;;. The lowest BCUT2D eigenvalue weighted by molar-refractivity contribution is 0.767. The van der Waals surface area contributed by atoms with E-state index in [0.717, 1.165) is 52.3 Å².